The molecule has 0 rings (SSSR count). The van der Waals surface area contributed by atoms with Crippen LogP contribution in [0.25, 0.3) is 0 Å². The molecule has 6 nitrogen and oxygen atoms in total. The van der Waals surface area contributed by atoms with Crippen LogP contribution in [0.15, 0.2) is 0 Å². The molecule has 0 aliphatic carbocycles. The highest BCUT2D eigenvalue weighted by molar-refractivity contribution is 5.80. The van der Waals surface area contributed by atoms with Gasteiger partial charge in [-0.2, -0.15) is 0 Å². The van der Waals surface area contributed by atoms with Crippen LogP contribution in [0, 0.1) is 0 Å². The summed E-state index contributed by atoms with van der Waals surface area (Å²) in [6, 6.07) is -0.216. The second-order valence-corrected chi connectivity index (χ2v) is 10.6. The van der Waals surface area contributed by atoms with E-state index >= 15 is 0 Å². The van der Waals surface area contributed by atoms with Crippen molar-refractivity contribution < 1.29 is 24.2 Å². The van der Waals surface area contributed by atoms with Gasteiger partial charge >= 0.3 is 5.97 Å². The van der Waals surface area contributed by atoms with Gasteiger partial charge in [-0.25, -0.2) is 4.79 Å². The SMILES string of the molecule is CCCCCCCCCCCCCCC(O)C(=O)N[C@@H](CCCC)COCC(=O)OC(C)(C)C. The minimum absolute atomic E-state index is 0.142. The molecule has 1 unspecified atom stereocenters. The van der Waals surface area contributed by atoms with Crippen molar-refractivity contribution in [1.82, 2.24) is 5.32 Å². The lowest BCUT2D eigenvalue weighted by molar-refractivity contribution is -0.160. The molecule has 0 aliphatic heterocycles. The first-order valence-electron chi connectivity index (χ1n) is 14.0. The Morgan fingerprint density at radius 1 is 0.765 bits per heavy atom. The van der Waals surface area contributed by atoms with Crippen LogP contribution in [0.1, 0.15) is 137 Å². The highest BCUT2D eigenvalue weighted by Crippen LogP contribution is 2.13. The maximum Gasteiger partial charge on any atom is 0.332 e. The van der Waals surface area contributed by atoms with Gasteiger partial charge in [0.05, 0.1) is 12.6 Å². The molecule has 0 aliphatic rings. The average Bonchev–Trinajstić information content (AvgIpc) is 2.76. The lowest BCUT2D eigenvalue weighted by atomic mass is 10.0. The van der Waals surface area contributed by atoms with Crippen molar-refractivity contribution in [3.05, 3.63) is 0 Å². The number of carbonyl (C=O) groups excluding carboxylic acids is 2. The summed E-state index contributed by atoms with van der Waals surface area (Å²) in [5.41, 5.74) is -0.547. The van der Waals surface area contributed by atoms with Crippen molar-refractivity contribution in [3.63, 3.8) is 0 Å². The van der Waals surface area contributed by atoms with E-state index < -0.39 is 17.7 Å². The number of unbranched alkanes of at least 4 members (excludes halogenated alkanes) is 12. The first-order chi connectivity index (χ1) is 16.2. The van der Waals surface area contributed by atoms with Gasteiger partial charge in [-0.15, -0.1) is 0 Å². The van der Waals surface area contributed by atoms with Crippen molar-refractivity contribution in [3.8, 4) is 0 Å². The summed E-state index contributed by atoms with van der Waals surface area (Å²) >= 11 is 0. The van der Waals surface area contributed by atoms with Crippen LogP contribution in [0.4, 0.5) is 0 Å². The monoisotopic (exact) mass is 485 g/mol. The Kier molecular flexibility index (Phi) is 20.5. The van der Waals surface area contributed by atoms with Gasteiger partial charge in [0.15, 0.2) is 0 Å². The molecule has 0 fully saturated rings. The summed E-state index contributed by atoms with van der Waals surface area (Å²) < 4.78 is 10.7. The molecule has 2 N–H and O–H groups in total. The van der Waals surface area contributed by atoms with Gasteiger partial charge in [0.1, 0.15) is 18.3 Å². The van der Waals surface area contributed by atoms with Gasteiger partial charge in [0, 0.05) is 0 Å². The van der Waals surface area contributed by atoms with E-state index in [0.717, 1.165) is 32.1 Å². The molecule has 0 aromatic carbocycles. The predicted molar refractivity (Wildman–Crippen MR) is 140 cm³/mol. The van der Waals surface area contributed by atoms with Crippen LogP contribution in [0.5, 0.6) is 0 Å². The number of aliphatic hydroxyl groups is 1. The summed E-state index contributed by atoms with van der Waals surface area (Å²) in [6.45, 7) is 9.87. The van der Waals surface area contributed by atoms with Crippen molar-refractivity contribution >= 4 is 11.9 Å². The molecule has 1 amide bonds. The number of carbonyl (C=O) groups is 2. The fourth-order valence-corrected chi connectivity index (χ4v) is 3.91. The molecule has 0 aromatic rings. The maximum atomic E-state index is 12.4. The zero-order valence-corrected chi connectivity index (χ0v) is 23.0. The van der Waals surface area contributed by atoms with Crippen molar-refractivity contribution in [1.29, 1.82) is 0 Å². The number of hydrogen-bond donors (Lipinski definition) is 2. The number of amides is 1. The summed E-state index contributed by atoms with van der Waals surface area (Å²) in [4.78, 5) is 24.2. The molecule has 0 saturated heterocycles. The van der Waals surface area contributed by atoms with Crippen LogP contribution in [0.3, 0.4) is 0 Å². The van der Waals surface area contributed by atoms with Crippen LogP contribution in [-0.2, 0) is 19.1 Å². The summed E-state index contributed by atoms with van der Waals surface area (Å²) in [5.74, 6) is -0.759. The van der Waals surface area contributed by atoms with E-state index in [0.29, 0.717) is 6.42 Å². The van der Waals surface area contributed by atoms with Gasteiger partial charge in [0.25, 0.3) is 0 Å². The highest BCUT2D eigenvalue weighted by Gasteiger charge is 2.20. The van der Waals surface area contributed by atoms with Crippen molar-refractivity contribution in [2.24, 2.45) is 0 Å². The first kappa shape index (κ1) is 32.9. The predicted octanol–water partition coefficient (Wildman–Crippen LogP) is 6.47. The molecule has 0 spiro atoms. The van der Waals surface area contributed by atoms with Gasteiger partial charge in [-0.05, 0) is 33.6 Å². The molecular weight excluding hydrogens is 430 g/mol. The molecule has 0 radical (unpaired) electrons. The lowest BCUT2D eigenvalue weighted by Crippen LogP contribution is -2.44. The van der Waals surface area contributed by atoms with E-state index in [1.165, 1.54) is 64.2 Å². The van der Waals surface area contributed by atoms with Gasteiger partial charge in [-0.1, -0.05) is 104 Å². The Bertz CT molecular complexity index is 504. The Morgan fingerprint density at radius 3 is 1.76 bits per heavy atom. The number of hydrogen-bond acceptors (Lipinski definition) is 5. The number of aliphatic hydroxyl groups excluding tert-OH is 1. The Hall–Kier alpha value is -1.14. The van der Waals surface area contributed by atoms with E-state index in [2.05, 4.69) is 19.2 Å². The molecule has 0 bridgehead atoms. The van der Waals surface area contributed by atoms with E-state index in [1.807, 2.05) is 20.8 Å². The van der Waals surface area contributed by atoms with Crippen molar-refractivity contribution in [2.45, 2.75) is 155 Å². The van der Waals surface area contributed by atoms with Gasteiger partial charge in [0.2, 0.25) is 5.91 Å². The number of nitrogens with one attached hydrogen (secondary N) is 1. The lowest BCUT2D eigenvalue weighted by Gasteiger charge is -2.22. The maximum absolute atomic E-state index is 12.4. The first-order valence-corrected chi connectivity index (χ1v) is 14.0. The van der Waals surface area contributed by atoms with Gasteiger partial charge in [-0.3, -0.25) is 4.79 Å². The highest BCUT2D eigenvalue weighted by atomic mass is 16.6. The number of rotatable bonds is 22. The van der Waals surface area contributed by atoms with Gasteiger partial charge < -0.3 is 19.9 Å². The summed E-state index contributed by atoms with van der Waals surface area (Å²) in [6.07, 6.45) is 17.3. The fraction of sp³-hybridized carbons (Fsp3) is 0.929. The fourth-order valence-electron chi connectivity index (χ4n) is 3.91. The van der Waals surface area contributed by atoms with Crippen LogP contribution >= 0.6 is 0 Å². The average molecular weight is 486 g/mol. The molecule has 0 heterocycles. The zero-order chi connectivity index (χ0) is 25.7. The number of ether oxygens (including phenoxy) is 2. The number of esters is 1. The second kappa shape index (κ2) is 21.2. The van der Waals surface area contributed by atoms with E-state index in [1.54, 1.807) is 0 Å². The van der Waals surface area contributed by atoms with Crippen molar-refractivity contribution in [2.75, 3.05) is 13.2 Å². The Labute approximate surface area is 209 Å². The van der Waals surface area contributed by atoms with Crippen LogP contribution < -0.4 is 5.32 Å². The second-order valence-electron chi connectivity index (χ2n) is 10.6. The molecule has 202 valence electrons. The van der Waals surface area contributed by atoms with E-state index in [-0.39, 0.29) is 25.2 Å². The molecule has 2 atom stereocenters. The minimum atomic E-state index is -0.988. The molecule has 0 saturated carbocycles. The smallest absolute Gasteiger partial charge is 0.332 e. The van der Waals surface area contributed by atoms with Crippen LogP contribution in [-0.4, -0.2) is 47.9 Å². The third kappa shape index (κ3) is 21.4. The Morgan fingerprint density at radius 2 is 1.26 bits per heavy atom. The minimum Gasteiger partial charge on any atom is -0.458 e. The molecule has 6 heteroatoms. The molecule has 34 heavy (non-hydrogen) atoms. The normalized spacial score (nSPS) is 13.5. The third-order valence-electron chi connectivity index (χ3n) is 5.85. The Balaban J connectivity index is 3.97. The quantitative estimate of drug-likeness (QED) is 0.136. The standard InChI is InChI=1S/C28H55NO5/c1-6-8-10-11-12-13-14-15-16-17-18-19-21-25(30)27(32)29-24(20-9-7-2)22-33-23-26(31)34-28(3,4)5/h24-25,30H,6-23H2,1-5H3,(H,29,32)/t24-,25?/m0/s1. The zero-order valence-electron chi connectivity index (χ0n) is 23.0. The van der Waals surface area contributed by atoms with Crippen LogP contribution in [0.2, 0.25) is 0 Å². The molecular formula is C28H55NO5. The summed E-state index contributed by atoms with van der Waals surface area (Å²) in [7, 11) is 0. The largest absolute Gasteiger partial charge is 0.458 e. The summed E-state index contributed by atoms with van der Waals surface area (Å²) in [5, 5.41) is 13.2. The topological polar surface area (TPSA) is 84.9 Å². The van der Waals surface area contributed by atoms with E-state index in [4.69, 9.17) is 9.47 Å². The van der Waals surface area contributed by atoms with E-state index in [9.17, 15) is 14.7 Å². The third-order valence-corrected chi connectivity index (χ3v) is 5.85. The molecule has 0 aromatic heterocycles.